The van der Waals surface area contributed by atoms with Crippen LogP contribution in [-0.4, -0.2) is 72.1 Å². The van der Waals surface area contributed by atoms with Crippen molar-refractivity contribution >= 4 is 28.2 Å². The lowest BCUT2D eigenvalue weighted by molar-refractivity contribution is -0.124. The van der Waals surface area contributed by atoms with Gasteiger partial charge in [0.15, 0.2) is 0 Å². The summed E-state index contributed by atoms with van der Waals surface area (Å²) in [6.07, 6.45) is 10.8. The van der Waals surface area contributed by atoms with E-state index in [-0.39, 0.29) is 12.3 Å². The number of aryl methyl sites for hydroxylation is 1. The fourth-order valence-corrected chi connectivity index (χ4v) is 7.28. The van der Waals surface area contributed by atoms with Gasteiger partial charge in [-0.25, -0.2) is 0 Å². The average Bonchev–Trinajstić information content (AvgIpc) is 3.08. The van der Waals surface area contributed by atoms with Crippen molar-refractivity contribution in [2.24, 2.45) is 5.92 Å². The van der Waals surface area contributed by atoms with E-state index < -0.39 is 0 Å². The number of carbonyl (C=O) groups is 1. The van der Waals surface area contributed by atoms with Gasteiger partial charge in [-0.1, -0.05) is 56.2 Å². The summed E-state index contributed by atoms with van der Waals surface area (Å²) in [7, 11) is 2.17. The molecule has 3 aliphatic rings. The SMILES string of the molecule is C=CC(=O)N1CCN(c2nc(OCCN(C)CC3CCCCC3)nc3c2CCN(c2cccc4cccc(C)c24)C3)C=C1CC#N. The second-order valence-corrected chi connectivity index (χ2v) is 12.8. The fourth-order valence-electron chi connectivity index (χ4n) is 7.28. The van der Waals surface area contributed by atoms with Crippen molar-refractivity contribution in [1.82, 2.24) is 19.8 Å². The molecule has 0 atom stereocenters. The minimum Gasteiger partial charge on any atom is -0.462 e. The molecule has 1 aromatic heterocycles. The number of amides is 1. The van der Waals surface area contributed by atoms with Crippen LogP contribution in [-0.2, 0) is 17.8 Å². The largest absolute Gasteiger partial charge is 0.462 e. The molecule has 46 heavy (non-hydrogen) atoms. The molecule has 0 spiro atoms. The minimum absolute atomic E-state index is 0.119. The number of benzene rings is 2. The number of hydrogen-bond acceptors (Lipinski definition) is 8. The van der Waals surface area contributed by atoms with Gasteiger partial charge in [-0.3, -0.25) is 4.79 Å². The van der Waals surface area contributed by atoms with E-state index in [2.05, 4.69) is 77.7 Å². The Labute approximate surface area is 272 Å². The molecule has 0 unspecified atom stereocenters. The fraction of sp³-hybridized carbons (Fsp3) is 0.459. The second kappa shape index (κ2) is 14.3. The molecule has 240 valence electrons. The summed E-state index contributed by atoms with van der Waals surface area (Å²) in [6.45, 7) is 10.7. The Morgan fingerprint density at radius 1 is 1.13 bits per heavy atom. The lowest BCUT2D eigenvalue weighted by atomic mass is 9.89. The molecule has 2 aliphatic heterocycles. The third-order valence-corrected chi connectivity index (χ3v) is 9.64. The summed E-state index contributed by atoms with van der Waals surface area (Å²) in [5.74, 6) is 1.37. The number of allylic oxidation sites excluding steroid dienone is 1. The lowest BCUT2D eigenvalue weighted by Crippen LogP contribution is -2.42. The van der Waals surface area contributed by atoms with E-state index >= 15 is 0 Å². The van der Waals surface area contributed by atoms with E-state index in [1.54, 1.807) is 4.90 Å². The van der Waals surface area contributed by atoms with E-state index in [0.29, 0.717) is 37.9 Å². The Bertz CT molecular complexity index is 1650. The van der Waals surface area contributed by atoms with E-state index in [9.17, 15) is 10.1 Å². The van der Waals surface area contributed by atoms with Crippen molar-refractivity contribution in [1.29, 1.82) is 5.26 Å². The van der Waals surface area contributed by atoms with Crippen LogP contribution in [0, 0.1) is 24.2 Å². The monoisotopic (exact) mass is 619 g/mol. The van der Waals surface area contributed by atoms with Crippen LogP contribution < -0.4 is 14.5 Å². The molecule has 1 fully saturated rings. The first-order chi connectivity index (χ1) is 22.4. The zero-order valence-corrected chi connectivity index (χ0v) is 27.2. The highest BCUT2D eigenvalue weighted by Crippen LogP contribution is 2.36. The quantitative estimate of drug-likeness (QED) is 0.256. The van der Waals surface area contributed by atoms with Crippen molar-refractivity contribution in [3.8, 4) is 12.1 Å². The Balaban J connectivity index is 1.29. The van der Waals surface area contributed by atoms with E-state index in [1.807, 2.05) is 6.20 Å². The Hall–Kier alpha value is -4.42. The van der Waals surface area contributed by atoms with Crippen LogP contribution in [0.4, 0.5) is 11.5 Å². The molecule has 0 saturated heterocycles. The number of rotatable bonds is 10. The second-order valence-electron chi connectivity index (χ2n) is 12.8. The summed E-state index contributed by atoms with van der Waals surface area (Å²) in [6, 6.07) is 15.5. The third kappa shape index (κ3) is 6.87. The normalized spacial score (nSPS) is 17.1. The van der Waals surface area contributed by atoms with E-state index in [1.165, 1.54) is 60.2 Å². The number of hydrogen-bond donors (Lipinski definition) is 0. The number of likely N-dealkylation sites (N-methyl/N-ethyl adjacent to an activating group) is 1. The van der Waals surface area contributed by atoms with Gasteiger partial charge in [-0.2, -0.15) is 15.2 Å². The van der Waals surface area contributed by atoms with Gasteiger partial charge in [-0.05, 0) is 62.2 Å². The van der Waals surface area contributed by atoms with Crippen LogP contribution in [0.5, 0.6) is 6.01 Å². The molecule has 6 rings (SSSR count). The highest BCUT2D eigenvalue weighted by molar-refractivity contribution is 5.97. The van der Waals surface area contributed by atoms with E-state index in [4.69, 9.17) is 14.7 Å². The zero-order valence-electron chi connectivity index (χ0n) is 27.2. The lowest BCUT2D eigenvalue weighted by Gasteiger charge is -2.36. The molecular formula is C37H45N7O2. The summed E-state index contributed by atoms with van der Waals surface area (Å²) >= 11 is 0. The van der Waals surface area contributed by atoms with Gasteiger partial charge >= 0.3 is 6.01 Å². The first kappa shape index (κ1) is 31.6. The molecule has 9 heteroatoms. The van der Waals surface area contributed by atoms with Crippen molar-refractivity contribution in [3.05, 3.63) is 77.8 Å². The molecule has 0 bridgehead atoms. The summed E-state index contributed by atoms with van der Waals surface area (Å²) in [4.78, 5) is 31.0. The first-order valence-corrected chi connectivity index (χ1v) is 16.7. The van der Waals surface area contributed by atoms with Crippen molar-refractivity contribution in [2.45, 2.75) is 58.4 Å². The average molecular weight is 620 g/mol. The third-order valence-electron chi connectivity index (χ3n) is 9.64. The van der Waals surface area contributed by atoms with Gasteiger partial charge in [0.05, 0.1) is 30.4 Å². The molecule has 0 radical (unpaired) electrons. The summed E-state index contributed by atoms with van der Waals surface area (Å²) in [5, 5.41) is 12.0. The van der Waals surface area contributed by atoms with Crippen molar-refractivity contribution in [2.75, 3.05) is 56.2 Å². The van der Waals surface area contributed by atoms with Gasteiger partial charge in [0.1, 0.15) is 12.4 Å². The highest BCUT2D eigenvalue weighted by atomic mass is 16.5. The molecule has 1 aliphatic carbocycles. The van der Waals surface area contributed by atoms with Crippen LogP contribution in [0.15, 0.2) is 61.0 Å². The number of nitriles is 1. The topological polar surface area (TPSA) is 88.8 Å². The molecule has 2 aromatic carbocycles. The minimum atomic E-state index is -0.201. The van der Waals surface area contributed by atoms with Crippen LogP contribution in [0.3, 0.4) is 0 Å². The maximum Gasteiger partial charge on any atom is 0.318 e. The van der Waals surface area contributed by atoms with Gasteiger partial charge in [-0.15, -0.1) is 0 Å². The highest BCUT2D eigenvalue weighted by Gasteiger charge is 2.29. The Morgan fingerprint density at radius 2 is 1.93 bits per heavy atom. The summed E-state index contributed by atoms with van der Waals surface area (Å²) < 4.78 is 6.28. The number of aromatic nitrogens is 2. The maximum atomic E-state index is 12.6. The van der Waals surface area contributed by atoms with Crippen molar-refractivity contribution < 1.29 is 9.53 Å². The zero-order chi connectivity index (χ0) is 32.0. The maximum absolute atomic E-state index is 12.6. The molecule has 3 aromatic rings. The van der Waals surface area contributed by atoms with Crippen molar-refractivity contribution in [3.63, 3.8) is 0 Å². The number of fused-ring (bicyclic) bond motifs is 2. The number of ether oxygens (including phenoxy) is 1. The van der Waals surface area contributed by atoms with Gasteiger partial charge in [0, 0.05) is 55.6 Å². The predicted molar refractivity (Wildman–Crippen MR) is 183 cm³/mol. The molecule has 0 N–H and O–H groups in total. The first-order valence-electron chi connectivity index (χ1n) is 16.7. The molecule has 9 nitrogen and oxygen atoms in total. The smallest absolute Gasteiger partial charge is 0.318 e. The molecule has 3 heterocycles. The van der Waals surface area contributed by atoms with Gasteiger partial charge in [0.2, 0.25) is 5.91 Å². The van der Waals surface area contributed by atoms with Crippen LogP contribution in [0.1, 0.15) is 55.3 Å². The molecule has 1 saturated carbocycles. The molecular weight excluding hydrogens is 574 g/mol. The van der Waals surface area contributed by atoms with Gasteiger partial charge in [0.25, 0.3) is 0 Å². The Morgan fingerprint density at radius 3 is 2.72 bits per heavy atom. The number of anilines is 2. The predicted octanol–water partition coefficient (Wildman–Crippen LogP) is 5.98. The number of carbonyl (C=O) groups excluding carboxylic acids is 1. The van der Waals surface area contributed by atoms with Crippen LogP contribution in [0.2, 0.25) is 0 Å². The number of nitrogens with zero attached hydrogens (tertiary/aromatic N) is 7. The molecule has 1 amide bonds. The van der Waals surface area contributed by atoms with Crippen LogP contribution in [0.25, 0.3) is 10.8 Å². The van der Waals surface area contributed by atoms with Gasteiger partial charge < -0.3 is 24.3 Å². The summed E-state index contributed by atoms with van der Waals surface area (Å²) in [5.41, 5.74) is 5.14. The van der Waals surface area contributed by atoms with E-state index in [0.717, 1.165) is 49.0 Å². The Kier molecular flexibility index (Phi) is 9.84. The van der Waals surface area contributed by atoms with Crippen LogP contribution >= 0.6 is 0 Å². The standard InChI is InChI=1S/C37H45N7O2/c1-4-34(45)44-21-20-43(25-30(44)16-18-38)36-31-17-19-42(33-15-9-14-29-13-8-10-27(2)35(29)33)26-32(31)39-37(40-36)46-23-22-41(3)24-28-11-6-5-7-12-28/h4,8-10,13-15,25,28H,1,5-7,11-12,16-17,19-24,26H2,2-3H3.